The van der Waals surface area contributed by atoms with Crippen LogP contribution in [0.4, 0.5) is 15.0 Å². The number of likely N-dealkylation sites (tertiary alicyclic amines) is 1. The fourth-order valence-corrected chi connectivity index (χ4v) is 6.59. The van der Waals surface area contributed by atoms with E-state index >= 15 is 0 Å². The van der Waals surface area contributed by atoms with E-state index < -0.39 is 55.1 Å². The largest absolute Gasteiger partial charge is 0.444 e. The molecule has 0 radical (unpaired) electrons. The predicted octanol–water partition coefficient (Wildman–Crippen LogP) is 6.86. The Kier molecular flexibility index (Phi) is 10.7. The minimum absolute atomic E-state index is 0.169. The number of hydrogen-bond acceptors (Lipinski definition) is 9. The molecule has 0 spiro atoms. The Hall–Kier alpha value is -3.97. The minimum atomic E-state index is -4.50. The zero-order valence-electron chi connectivity index (χ0n) is 28.3. The van der Waals surface area contributed by atoms with Gasteiger partial charge in [0.25, 0.3) is 15.9 Å². The number of carbonyl (C=O) groups is 2. The number of nitrogens with one attached hydrogen (secondary N) is 2. The molecule has 2 atom stereocenters. The normalized spacial score (nSPS) is 17.1. The van der Waals surface area contributed by atoms with Crippen LogP contribution in [0, 0.1) is 18.8 Å². The van der Waals surface area contributed by atoms with Crippen molar-refractivity contribution in [1.82, 2.24) is 24.6 Å². The van der Waals surface area contributed by atoms with Gasteiger partial charge in [-0.1, -0.05) is 17.7 Å². The number of amides is 2. The first-order valence-corrected chi connectivity index (χ1v) is 17.5. The summed E-state index contributed by atoms with van der Waals surface area (Å²) in [6.07, 6.45) is 3.22. The molecule has 4 rings (SSSR count). The molecule has 2 N–H and O–H groups in total. The van der Waals surface area contributed by atoms with Crippen LogP contribution in [0.15, 0.2) is 53.7 Å². The highest BCUT2D eigenvalue weighted by atomic mass is 35.5. The lowest BCUT2D eigenvalue weighted by Gasteiger charge is -2.33. The van der Waals surface area contributed by atoms with Crippen molar-refractivity contribution in [3.05, 3.63) is 83.5 Å². The zero-order chi connectivity index (χ0) is 35.7. The summed E-state index contributed by atoms with van der Waals surface area (Å²) in [4.78, 5) is 40.0. The maximum Gasteiger partial charge on any atom is 0.410 e. The highest BCUT2D eigenvalue weighted by molar-refractivity contribution is 7.90. The molecule has 11 nitrogen and oxygen atoms in total. The quantitative estimate of drug-likeness (QED) is 0.171. The van der Waals surface area contributed by atoms with Crippen LogP contribution in [0.5, 0.6) is 0 Å². The summed E-state index contributed by atoms with van der Waals surface area (Å²) in [6.45, 7) is 17.4. The van der Waals surface area contributed by atoms with Gasteiger partial charge in [0.1, 0.15) is 16.8 Å². The van der Waals surface area contributed by atoms with Crippen LogP contribution >= 0.6 is 11.6 Å². The second-order valence-electron chi connectivity index (χ2n) is 14.4. The molecule has 0 saturated carbocycles. The Morgan fingerprint density at radius 1 is 1.12 bits per heavy atom. The second-order valence-corrected chi connectivity index (χ2v) is 16.4. The number of rotatable bonds is 10. The Balaban J connectivity index is 1.50. The molecule has 0 bridgehead atoms. The summed E-state index contributed by atoms with van der Waals surface area (Å²) in [6, 6.07) is 9.97. The molecule has 258 valence electrons. The van der Waals surface area contributed by atoms with Gasteiger partial charge in [-0.25, -0.2) is 19.5 Å². The number of carbonyl (C=O) groups excluding carboxylic acids is 2. The van der Waals surface area contributed by atoms with Gasteiger partial charge in [-0.15, -0.1) is 0 Å². The topological polar surface area (TPSA) is 143 Å². The van der Waals surface area contributed by atoms with E-state index in [4.69, 9.17) is 16.3 Å². The predicted molar refractivity (Wildman–Crippen MR) is 181 cm³/mol. The average Bonchev–Trinajstić information content (AvgIpc) is 3.28. The molecule has 1 aliphatic rings. The first-order chi connectivity index (χ1) is 22.1. The summed E-state index contributed by atoms with van der Waals surface area (Å²) < 4.78 is 48.6. The third kappa shape index (κ3) is 9.34. The number of ether oxygens (including phenoxy) is 1. The van der Waals surface area contributed by atoms with Crippen LogP contribution in [-0.4, -0.2) is 58.0 Å². The van der Waals surface area contributed by atoms with Crippen molar-refractivity contribution in [3.8, 4) is 0 Å². The molecule has 3 aromatic rings. The van der Waals surface area contributed by atoms with Gasteiger partial charge in [0.2, 0.25) is 5.95 Å². The molecule has 3 aromatic heterocycles. The molecule has 48 heavy (non-hydrogen) atoms. The molecule has 4 heterocycles. The smallest absolute Gasteiger partial charge is 0.410 e. The van der Waals surface area contributed by atoms with Crippen molar-refractivity contribution < 1.29 is 27.1 Å². The van der Waals surface area contributed by atoms with E-state index in [0.29, 0.717) is 35.8 Å². The van der Waals surface area contributed by atoms with Crippen molar-refractivity contribution in [2.24, 2.45) is 5.92 Å². The lowest BCUT2D eigenvalue weighted by Crippen LogP contribution is -2.45. The zero-order valence-corrected chi connectivity index (χ0v) is 29.9. The van der Waals surface area contributed by atoms with E-state index in [2.05, 4.69) is 27.2 Å². The van der Waals surface area contributed by atoms with Crippen LogP contribution in [0.3, 0.4) is 0 Å². The summed E-state index contributed by atoms with van der Waals surface area (Å²) in [5.41, 5.74) is -1.29. The van der Waals surface area contributed by atoms with Crippen molar-refractivity contribution in [1.29, 1.82) is 0 Å². The molecule has 1 fully saturated rings. The fourth-order valence-electron chi connectivity index (χ4n) is 5.54. The van der Waals surface area contributed by atoms with E-state index in [0.717, 1.165) is 6.42 Å². The van der Waals surface area contributed by atoms with Gasteiger partial charge in [0, 0.05) is 18.3 Å². The van der Waals surface area contributed by atoms with Gasteiger partial charge in [0.05, 0.1) is 34.9 Å². The van der Waals surface area contributed by atoms with Crippen LogP contribution in [0.2, 0.25) is 5.02 Å². The lowest BCUT2D eigenvalue weighted by atomic mass is 9.91. The van der Waals surface area contributed by atoms with E-state index in [1.807, 2.05) is 39.3 Å². The van der Waals surface area contributed by atoms with Crippen molar-refractivity contribution in [2.45, 2.75) is 95.4 Å². The molecule has 0 aromatic carbocycles. The number of pyridine rings is 3. The van der Waals surface area contributed by atoms with Crippen LogP contribution < -0.4 is 10.0 Å². The summed E-state index contributed by atoms with van der Waals surface area (Å²) in [5, 5.41) is 3.29. The van der Waals surface area contributed by atoms with E-state index in [9.17, 15) is 22.4 Å². The first kappa shape index (κ1) is 36.9. The Morgan fingerprint density at radius 2 is 1.83 bits per heavy atom. The second kappa shape index (κ2) is 13.9. The van der Waals surface area contributed by atoms with Crippen molar-refractivity contribution in [3.63, 3.8) is 0 Å². The van der Waals surface area contributed by atoms with Crippen molar-refractivity contribution >= 4 is 39.4 Å². The molecule has 14 heteroatoms. The number of anilines is 1. The van der Waals surface area contributed by atoms with Crippen LogP contribution in [0.25, 0.3) is 0 Å². The summed E-state index contributed by atoms with van der Waals surface area (Å²) >= 11 is 6.10. The summed E-state index contributed by atoms with van der Waals surface area (Å²) in [7, 11) is -4.50. The number of aromatic nitrogens is 3. The molecule has 2 amide bonds. The number of halogens is 2. The van der Waals surface area contributed by atoms with Crippen LogP contribution in [0.1, 0.15) is 95.5 Å². The van der Waals surface area contributed by atoms with Crippen molar-refractivity contribution in [2.75, 3.05) is 11.9 Å². The molecule has 1 unspecified atom stereocenters. The maximum absolute atomic E-state index is 14.7. The van der Waals surface area contributed by atoms with E-state index in [1.165, 1.54) is 30.5 Å². The lowest BCUT2D eigenvalue weighted by molar-refractivity contribution is 0.0130. The van der Waals surface area contributed by atoms with Gasteiger partial charge in [0.15, 0.2) is 5.03 Å². The fraction of sp³-hybridized carbons (Fsp3) is 0.471. The standard InChI is InChI=1S/C34H42ClFN6O5S/c1-32(2,3)26-17-14-23(29(36)39-26)30(43)41-48(45,46)28-11-9-10-27(40-28)38-25(24-16-13-22(35)19-37-24)15-12-21-18-34(7,8)42(20-21)31(44)47-33(4,5)6/h9-11,13-14,16-17,19,21,25H,1,12,15,18,20H2,2-8H3,(H-,38,40,41,43)/p+1/t21-,25?/m0/s1. The Bertz CT molecular complexity index is 1760. The third-order valence-electron chi connectivity index (χ3n) is 7.88. The van der Waals surface area contributed by atoms with Gasteiger partial charge in [-0.3, -0.25) is 9.78 Å². The van der Waals surface area contributed by atoms with E-state index in [1.54, 1.807) is 36.9 Å². The summed E-state index contributed by atoms with van der Waals surface area (Å²) in [5.74, 6) is -1.91. The monoisotopic (exact) mass is 701 g/mol. The van der Waals surface area contributed by atoms with Gasteiger partial charge >= 0.3 is 6.09 Å². The molecular formula is C34H43ClFN6O5S+. The number of hydrogen-bond donors (Lipinski definition) is 2. The molecule has 0 aliphatic carbocycles. The SMILES string of the molecule is [CH2+]C(C)(C)c1ccc(C(=O)NS(=O)(=O)c2cccc(NC(CC[C@@H]3CN(C(=O)OC(C)(C)C)C(C)(C)C3)c3ccc(Cl)cn3)n2)c(F)n1. The Labute approximate surface area is 287 Å². The minimum Gasteiger partial charge on any atom is -0.444 e. The van der Waals surface area contributed by atoms with Gasteiger partial charge in [-0.05, 0) is 110 Å². The molecule has 1 saturated heterocycles. The number of nitrogens with zero attached hydrogens (tertiary/aromatic N) is 4. The Morgan fingerprint density at radius 3 is 2.44 bits per heavy atom. The highest BCUT2D eigenvalue weighted by Crippen LogP contribution is 2.38. The maximum atomic E-state index is 14.7. The van der Waals surface area contributed by atoms with Crippen LogP contribution in [-0.2, 0) is 20.2 Å². The average molecular weight is 702 g/mol. The van der Waals surface area contributed by atoms with Gasteiger partial charge < -0.3 is 15.0 Å². The van der Waals surface area contributed by atoms with E-state index in [-0.39, 0.29) is 17.8 Å². The first-order valence-electron chi connectivity index (χ1n) is 15.6. The third-order valence-corrected chi connectivity index (χ3v) is 9.33. The highest BCUT2D eigenvalue weighted by Gasteiger charge is 2.43. The molecular weight excluding hydrogens is 659 g/mol. The number of sulfonamides is 1. The molecule has 1 aliphatic heterocycles. The van der Waals surface area contributed by atoms with Gasteiger partial charge in [-0.2, -0.15) is 12.8 Å².